The van der Waals surface area contributed by atoms with Crippen LogP contribution in [0.3, 0.4) is 0 Å². The highest BCUT2D eigenvalue weighted by Gasteiger charge is 2.10. The number of tetrazole rings is 1. The third-order valence-electron chi connectivity index (χ3n) is 3.28. The highest BCUT2D eigenvalue weighted by atomic mass is 16.2. The van der Waals surface area contributed by atoms with Crippen molar-refractivity contribution in [2.75, 3.05) is 0 Å². The number of nitrogens with one attached hydrogen (secondary N) is 1. The average molecular weight is 296 g/mol. The van der Waals surface area contributed by atoms with Crippen LogP contribution < -0.4 is 5.43 Å². The van der Waals surface area contributed by atoms with Gasteiger partial charge in [0, 0.05) is 5.56 Å². The van der Waals surface area contributed by atoms with Crippen molar-refractivity contribution >= 4 is 11.6 Å². The Labute approximate surface area is 127 Å². The van der Waals surface area contributed by atoms with E-state index >= 15 is 0 Å². The standard InChI is InChI=1S/C15H16N6O/c1-11-7-8-13(9-11)16-17-14(22)10-21-19-15(18-20-21)12-5-3-2-4-6-12/h2-6,9H,7-8,10H2,1H3,(H,17,22)/b16-13-. The van der Waals surface area contributed by atoms with Gasteiger partial charge in [-0.2, -0.15) is 9.90 Å². The summed E-state index contributed by atoms with van der Waals surface area (Å²) < 4.78 is 0. The molecule has 1 amide bonds. The van der Waals surface area contributed by atoms with E-state index in [0.29, 0.717) is 5.82 Å². The van der Waals surface area contributed by atoms with Crippen molar-refractivity contribution in [3.63, 3.8) is 0 Å². The topological polar surface area (TPSA) is 85.1 Å². The second-order valence-corrected chi connectivity index (χ2v) is 5.14. The number of aromatic nitrogens is 4. The van der Waals surface area contributed by atoms with E-state index in [4.69, 9.17) is 0 Å². The number of rotatable bonds is 4. The summed E-state index contributed by atoms with van der Waals surface area (Å²) in [6, 6.07) is 9.50. The molecular weight excluding hydrogens is 280 g/mol. The van der Waals surface area contributed by atoms with Crippen LogP contribution in [0.25, 0.3) is 11.4 Å². The Morgan fingerprint density at radius 2 is 2.14 bits per heavy atom. The van der Waals surface area contributed by atoms with Crippen molar-refractivity contribution in [1.29, 1.82) is 0 Å². The van der Waals surface area contributed by atoms with Gasteiger partial charge in [0.05, 0.1) is 5.71 Å². The highest BCUT2D eigenvalue weighted by molar-refractivity contribution is 5.98. The fraction of sp³-hybridized carbons (Fsp3) is 0.267. The lowest BCUT2D eigenvalue weighted by molar-refractivity contribution is -0.122. The van der Waals surface area contributed by atoms with E-state index in [1.54, 1.807) is 0 Å². The van der Waals surface area contributed by atoms with Gasteiger partial charge in [0.15, 0.2) is 0 Å². The highest BCUT2D eigenvalue weighted by Crippen LogP contribution is 2.14. The predicted molar refractivity (Wildman–Crippen MR) is 81.8 cm³/mol. The Morgan fingerprint density at radius 3 is 2.86 bits per heavy atom. The zero-order valence-corrected chi connectivity index (χ0v) is 12.2. The van der Waals surface area contributed by atoms with Crippen LogP contribution in [0.4, 0.5) is 0 Å². The third kappa shape index (κ3) is 3.43. The van der Waals surface area contributed by atoms with Gasteiger partial charge in [-0.1, -0.05) is 35.9 Å². The molecule has 7 nitrogen and oxygen atoms in total. The Hall–Kier alpha value is -2.83. The van der Waals surface area contributed by atoms with Crippen LogP contribution in [0.5, 0.6) is 0 Å². The lowest BCUT2D eigenvalue weighted by Gasteiger charge is -1.99. The fourth-order valence-electron chi connectivity index (χ4n) is 2.15. The zero-order chi connectivity index (χ0) is 15.4. The SMILES string of the molecule is CC1=C/C(=N\NC(=O)Cn2nnc(-c3ccccc3)n2)CC1. The van der Waals surface area contributed by atoms with E-state index in [-0.39, 0.29) is 12.5 Å². The van der Waals surface area contributed by atoms with Crippen LogP contribution in [0.1, 0.15) is 19.8 Å². The summed E-state index contributed by atoms with van der Waals surface area (Å²) in [6.45, 7) is 2.04. The molecule has 0 radical (unpaired) electrons. The van der Waals surface area contributed by atoms with Gasteiger partial charge >= 0.3 is 0 Å². The van der Waals surface area contributed by atoms with Crippen molar-refractivity contribution in [1.82, 2.24) is 25.6 Å². The van der Waals surface area contributed by atoms with Crippen LogP contribution in [0, 0.1) is 0 Å². The molecule has 0 aliphatic heterocycles. The van der Waals surface area contributed by atoms with Gasteiger partial charge in [-0.3, -0.25) is 4.79 Å². The molecule has 1 aliphatic rings. The molecule has 0 spiro atoms. The van der Waals surface area contributed by atoms with E-state index in [9.17, 15) is 4.79 Å². The van der Waals surface area contributed by atoms with Crippen molar-refractivity contribution in [3.05, 3.63) is 42.0 Å². The molecule has 0 bridgehead atoms. The number of carbonyl (C=O) groups is 1. The molecule has 0 fully saturated rings. The largest absolute Gasteiger partial charge is 0.271 e. The molecule has 1 aromatic heterocycles. The number of hydrazone groups is 1. The molecule has 1 aromatic carbocycles. The van der Waals surface area contributed by atoms with Crippen LogP contribution >= 0.6 is 0 Å². The summed E-state index contributed by atoms with van der Waals surface area (Å²) in [4.78, 5) is 13.1. The number of hydrogen-bond donors (Lipinski definition) is 1. The van der Waals surface area contributed by atoms with Crippen molar-refractivity contribution in [2.24, 2.45) is 5.10 Å². The molecule has 112 valence electrons. The van der Waals surface area contributed by atoms with E-state index in [2.05, 4.69) is 32.9 Å². The average Bonchev–Trinajstić information content (AvgIpc) is 3.15. The fourth-order valence-corrected chi connectivity index (χ4v) is 2.15. The Morgan fingerprint density at radius 1 is 1.32 bits per heavy atom. The maximum absolute atomic E-state index is 11.8. The zero-order valence-electron chi connectivity index (χ0n) is 12.2. The van der Waals surface area contributed by atoms with Crippen LogP contribution in [-0.4, -0.2) is 31.8 Å². The minimum atomic E-state index is -0.275. The normalized spacial score (nSPS) is 15.9. The summed E-state index contributed by atoms with van der Waals surface area (Å²) in [7, 11) is 0. The molecular formula is C15H16N6O. The quantitative estimate of drug-likeness (QED) is 0.867. The first kappa shape index (κ1) is 14.1. The summed E-state index contributed by atoms with van der Waals surface area (Å²) in [6.07, 6.45) is 3.85. The van der Waals surface area contributed by atoms with Crippen molar-refractivity contribution < 1.29 is 4.79 Å². The molecule has 3 rings (SSSR count). The molecule has 0 saturated carbocycles. The number of allylic oxidation sites excluding steroid dienone is 2. The Balaban J connectivity index is 1.60. The van der Waals surface area contributed by atoms with Crippen LogP contribution in [0.15, 0.2) is 47.1 Å². The van der Waals surface area contributed by atoms with Crippen LogP contribution in [-0.2, 0) is 11.3 Å². The van der Waals surface area contributed by atoms with E-state index in [0.717, 1.165) is 24.1 Å². The minimum Gasteiger partial charge on any atom is -0.271 e. The van der Waals surface area contributed by atoms with Gasteiger partial charge < -0.3 is 0 Å². The molecule has 1 heterocycles. The summed E-state index contributed by atoms with van der Waals surface area (Å²) >= 11 is 0. The lowest BCUT2D eigenvalue weighted by Crippen LogP contribution is -2.25. The maximum atomic E-state index is 11.8. The van der Waals surface area contributed by atoms with E-state index < -0.39 is 0 Å². The summed E-state index contributed by atoms with van der Waals surface area (Å²) in [5.74, 6) is 0.219. The molecule has 1 N–H and O–H groups in total. The van der Waals surface area contributed by atoms with Crippen molar-refractivity contribution in [2.45, 2.75) is 26.3 Å². The number of amides is 1. The first-order valence-corrected chi connectivity index (χ1v) is 7.06. The van der Waals surface area contributed by atoms with Gasteiger partial charge in [0.1, 0.15) is 6.54 Å². The molecule has 0 saturated heterocycles. The van der Waals surface area contributed by atoms with Gasteiger partial charge in [0.25, 0.3) is 5.91 Å². The van der Waals surface area contributed by atoms with E-state index in [1.165, 1.54) is 10.4 Å². The lowest BCUT2D eigenvalue weighted by atomic mass is 10.2. The smallest absolute Gasteiger partial charge is 0.263 e. The first-order chi connectivity index (χ1) is 10.7. The first-order valence-electron chi connectivity index (χ1n) is 7.06. The van der Waals surface area contributed by atoms with Gasteiger partial charge in [-0.15, -0.1) is 10.2 Å². The molecule has 1 aliphatic carbocycles. The van der Waals surface area contributed by atoms with Gasteiger partial charge in [-0.25, -0.2) is 5.43 Å². The molecule has 0 atom stereocenters. The number of hydrogen-bond acceptors (Lipinski definition) is 5. The molecule has 7 heteroatoms. The van der Waals surface area contributed by atoms with Gasteiger partial charge in [-0.05, 0) is 31.1 Å². The number of nitrogens with zero attached hydrogens (tertiary/aromatic N) is 5. The molecule has 2 aromatic rings. The van der Waals surface area contributed by atoms with Crippen LogP contribution in [0.2, 0.25) is 0 Å². The monoisotopic (exact) mass is 296 g/mol. The second-order valence-electron chi connectivity index (χ2n) is 5.14. The van der Waals surface area contributed by atoms with Gasteiger partial charge in [0.2, 0.25) is 5.82 Å². The Bertz CT molecular complexity index is 732. The minimum absolute atomic E-state index is 0.0146. The number of benzene rings is 1. The molecule has 0 unspecified atom stereocenters. The Kier molecular flexibility index (Phi) is 4.04. The second kappa shape index (κ2) is 6.30. The summed E-state index contributed by atoms with van der Waals surface area (Å²) in [5, 5.41) is 16.1. The third-order valence-corrected chi connectivity index (χ3v) is 3.28. The molecule has 22 heavy (non-hydrogen) atoms. The van der Waals surface area contributed by atoms with E-state index in [1.807, 2.05) is 36.4 Å². The number of carbonyl (C=O) groups excluding carboxylic acids is 1. The maximum Gasteiger partial charge on any atom is 0.263 e. The summed E-state index contributed by atoms with van der Waals surface area (Å²) in [5.41, 5.74) is 5.55. The van der Waals surface area contributed by atoms with Crippen molar-refractivity contribution in [3.8, 4) is 11.4 Å². The predicted octanol–water partition coefficient (Wildman–Crippen LogP) is 1.55.